The number of benzene rings is 1. The molecule has 1 N–H and O–H groups in total. The fraction of sp³-hybridized carbons (Fsp3) is 0.556. The topological polar surface area (TPSA) is 30.5 Å². The second kappa shape index (κ2) is 6.78. The van der Waals surface area contributed by atoms with Crippen LogP contribution in [0.5, 0.6) is 0 Å². The molecule has 2 rings (SSSR count). The normalized spacial score (nSPS) is 20.2. The zero-order valence-electron chi connectivity index (χ0n) is 15.5. The summed E-state index contributed by atoms with van der Waals surface area (Å²) in [6.07, 6.45) is -2.67. The van der Waals surface area contributed by atoms with Gasteiger partial charge in [0.15, 0.2) is 0 Å². The van der Waals surface area contributed by atoms with Gasteiger partial charge in [-0.3, -0.25) is 0 Å². The van der Waals surface area contributed by atoms with Gasteiger partial charge in [-0.25, -0.2) is 0 Å². The van der Waals surface area contributed by atoms with Crippen molar-refractivity contribution in [3.8, 4) is 0 Å². The van der Waals surface area contributed by atoms with Gasteiger partial charge >= 0.3 is 13.3 Å². The molecule has 0 aromatic heterocycles. The second-order valence-electron chi connectivity index (χ2n) is 7.41. The summed E-state index contributed by atoms with van der Waals surface area (Å²) in [6.45, 7) is 9.68. The van der Waals surface area contributed by atoms with E-state index in [1.807, 2.05) is 27.7 Å². The first-order valence-electron chi connectivity index (χ1n) is 8.26. The molecule has 0 atom stereocenters. The maximum Gasteiger partial charge on any atom is 0.491 e. The molecule has 1 aromatic carbocycles. The van der Waals surface area contributed by atoms with Gasteiger partial charge < -0.3 is 14.6 Å². The molecule has 0 unspecified atom stereocenters. The Balaban J connectivity index is 2.39. The molecule has 25 heavy (non-hydrogen) atoms. The van der Waals surface area contributed by atoms with E-state index in [9.17, 15) is 13.2 Å². The van der Waals surface area contributed by atoms with E-state index in [2.05, 4.69) is 5.32 Å². The third-order valence-corrected chi connectivity index (χ3v) is 4.86. The SMILES string of the molecule is CNCC(=Cc1ccc(C)c(C(F)(F)F)c1)B1OC(C)(C)C(C)(C)O1. The molecule has 1 aromatic rings. The summed E-state index contributed by atoms with van der Waals surface area (Å²) in [5, 5.41) is 3.03. The van der Waals surface area contributed by atoms with Gasteiger partial charge in [0, 0.05) is 6.54 Å². The molecular weight excluding hydrogens is 330 g/mol. The number of rotatable bonds is 4. The van der Waals surface area contributed by atoms with Crippen molar-refractivity contribution >= 4 is 13.2 Å². The molecule has 0 amide bonds. The fourth-order valence-corrected chi connectivity index (χ4v) is 2.65. The summed E-state index contributed by atoms with van der Waals surface area (Å²) < 4.78 is 51.4. The first-order chi connectivity index (χ1) is 11.4. The lowest BCUT2D eigenvalue weighted by molar-refractivity contribution is -0.138. The third-order valence-electron chi connectivity index (χ3n) is 4.86. The first kappa shape index (κ1) is 20.0. The van der Waals surface area contributed by atoms with Crippen molar-refractivity contribution < 1.29 is 22.5 Å². The lowest BCUT2D eigenvalue weighted by atomic mass is 9.77. The van der Waals surface area contributed by atoms with Crippen LogP contribution in [0.3, 0.4) is 0 Å². The largest absolute Gasteiger partial charge is 0.491 e. The van der Waals surface area contributed by atoms with Crippen molar-refractivity contribution in [2.75, 3.05) is 13.6 Å². The molecule has 0 aliphatic carbocycles. The average molecular weight is 355 g/mol. The molecule has 1 aliphatic rings. The summed E-state index contributed by atoms with van der Waals surface area (Å²) >= 11 is 0. The minimum atomic E-state index is -4.37. The van der Waals surface area contributed by atoms with E-state index in [1.165, 1.54) is 13.0 Å². The van der Waals surface area contributed by atoms with Gasteiger partial charge in [-0.2, -0.15) is 13.2 Å². The highest BCUT2D eigenvalue weighted by atomic mass is 19.4. The lowest BCUT2D eigenvalue weighted by Crippen LogP contribution is -2.41. The summed E-state index contributed by atoms with van der Waals surface area (Å²) in [7, 11) is 1.17. The minimum absolute atomic E-state index is 0.204. The van der Waals surface area contributed by atoms with Crippen molar-refractivity contribution in [3.05, 3.63) is 40.4 Å². The Bertz CT molecular complexity index is 653. The number of likely N-dealkylation sites (N-methyl/N-ethyl adjacent to an activating group) is 1. The molecule has 1 saturated heterocycles. The smallest absolute Gasteiger partial charge is 0.400 e. The van der Waals surface area contributed by atoms with E-state index >= 15 is 0 Å². The summed E-state index contributed by atoms with van der Waals surface area (Å²) in [5.74, 6) is 0. The quantitative estimate of drug-likeness (QED) is 0.820. The van der Waals surface area contributed by atoms with Crippen LogP contribution < -0.4 is 5.32 Å². The zero-order chi connectivity index (χ0) is 19.0. The summed E-state index contributed by atoms with van der Waals surface area (Å²) in [6, 6.07) is 4.32. The predicted octanol–water partition coefficient (Wildman–Crippen LogP) is 4.25. The number of nitrogens with one attached hydrogen (secondary N) is 1. The van der Waals surface area contributed by atoms with Gasteiger partial charge in [0.2, 0.25) is 0 Å². The van der Waals surface area contributed by atoms with E-state index in [4.69, 9.17) is 9.31 Å². The second-order valence-corrected chi connectivity index (χ2v) is 7.41. The van der Waals surface area contributed by atoms with Crippen LogP contribution in [0, 0.1) is 6.92 Å². The maximum atomic E-state index is 13.1. The number of alkyl halides is 3. The van der Waals surface area contributed by atoms with Gasteiger partial charge in [0.25, 0.3) is 0 Å². The number of hydrogen-bond donors (Lipinski definition) is 1. The molecule has 0 bridgehead atoms. The zero-order valence-corrected chi connectivity index (χ0v) is 15.5. The maximum absolute atomic E-state index is 13.1. The van der Waals surface area contributed by atoms with Crippen LogP contribution in [0.15, 0.2) is 23.7 Å². The number of hydrogen-bond acceptors (Lipinski definition) is 3. The van der Waals surface area contributed by atoms with Crippen LogP contribution in [-0.4, -0.2) is 31.9 Å². The molecule has 7 heteroatoms. The van der Waals surface area contributed by atoms with Crippen LogP contribution in [0.25, 0.3) is 6.08 Å². The Morgan fingerprint density at radius 2 is 1.72 bits per heavy atom. The molecule has 0 saturated carbocycles. The van der Waals surface area contributed by atoms with Crippen LogP contribution in [0.1, 0.15) is 44.4 Å². The lowest BCUT2D eigenvalue weighted by Gasteiger charge is -2.32. The standard InChI is InChI=1S/C18H25BF3NO2/c1-12-7-8-13(10-15(12)18(20,21)22)9-14(11-23-6)19-24-16(2,3)17(4,5)25-19/h7-10,23H,11H2,1-6H3. The average Bonchev–Trinajstić information content (AvgIpc) is 2.67. The first-order valence-corrected chi connectivity index (χ1v) is 8.26. The van der Waals surface area contributed by atoms with E-state index < -0.39 is 30.1 Å². The highest BCUT2D eigenvalue weighted by Gasteiger charge is 2.52. The minimum Gasteiger partial charge on any atom is -0.400 e. The molecule has 1 heterocycles. The van der Waals surface area contributed by atoms with Crippen molar-refractivity contribution in [3.63, 3.8) is 0 Å². The van der Waals surface area contributed by atoms with Crippen molar-refractivity contribution in [1.29, 1.82) is 0 Å². The summed E-state index contributed by atoms with van der Waals surface area (Å²) in [5.41, 5.74) is -0.213. The van der Waals surface area contributed by atoms with Gasteiger partial charge in [-0.15, -0.1) is 0 Å². The van der Waals surface area contributed by atoms with Crippen molar-refractivity contribution in [2.24, 2.45) is 0 Å². The van der Waals surface area contributed by atoms with Crippen LogP contribution in [-0.2, 0) is 15.5 Å². The molecule has 1 fully saturated rings. The molecule has 1 aliphatic heterocycles. The predicted molar refractivity (Wildman–Crippen MR) is 94.2 cm³/mol. The molecular formula is C18H25BF3NO2. The molecule has 0 radical (unpaired) electrons. The van der Waals surface area contributed by atoms with Gasteiger partial charge in [0.05, 0.1) is 16.8 Å². The van der Waals surface area contributed by atoms with Crippen LogP contribution >= 0.6 is 0 Å². The fourth-order valence-electron chi connectivity index (χ4n) is 2.65. The Kier molecular flexibility index (Phi) is 5.43. The van der Waals surface area contributed by atoms with Crippen LogP contribution in [0.2, 0.25) is 0 Å². The number of aryl methyl sites for hydroxylation is 1. The Morgan fingerprint density at radius 3 is 2.20 bits per heavy atom. The van der Waals surface area contributed by atoms with E-state index in [1.54, 1.807) is 19.2 Å². The number of halogens is 3. The van der Waals surface area contributed by atoms with E-state index in [-0.39, 0.29) is 5.56 Å². The highest BCUT2D eigenvalue weighted by molar-refractivity contribution is 6.55. The Hall–Kier alpha value is -1.31. The monoisotopic (exact) mass is 355 g/mol. The molecule has 138 valence electrons. The van der Waals surface area contributed by atoms with Gasteiger partial charge in [0.1, 0.15) is 0 Å². The summed E-state index contributed by atoms with van der Waals surface area (Å²) in [4.78, 5) is 0. The van der Waals surface area contributed by atoms with Crippen molar-refractivity contribution in [1.82, 2.24) is 5.32 Å². The third kappa shape index (κ3) is 4.27. The van der Waals surface area contributed by atoms with E-state index in [0.29, 0.717) is 12.1 Å². The van der Waals surface area contributed by atoms with E-state index in [0.717, 1.165) is 11.5 Å². The Morgan fingerprint density at radius 1 is 1.16 bits per heavy atom. The van der Waals surface area contributed by atoms with Crippen LogP contribution in [0.4, 0.5) is 13.2 Å². The molecule has 0 spiro atoms. The molecule has 3 nitrogen and oxygen atoms in total. The van der Waals surface area contributed by atoms with Gasteiger partial charge in [-0.1, -0.05) is 18.2 Å². The highest BCUT2D eigenvalue weighted by Crippen LogP contribution is 2.39. The van der Waals surface area contributed by atoms with Gasteiger partial charge in [-0.05, 0) is 64.3 Å². The van der Waals surface area contributed by atoms with Crippen molar-refractivity contribution in [2.45, 2.75) is 52.0 Å². The Labute approximate surface area is 147 Å².